The van der Waals surface area contributed by atoms with Gasteiger partial charge in [0.15, 0.2) is 0 Å². The van der Waals surface area contributed by atoms with Crippen LogP contribution in [0.5, 0.6) is 5.75 Å². The van der Waals surface area contributed by atoms with Gasteiger partial charge in [0.25, 0.3) is 0 Å². The minimum atomic E-state index is -0.618. The van der Waals surface area contributed by atoms with Crippen molar-refractivity contribution in [2.45, 2.75) is 84.7 Å². The second-order valence-corrected chi connectivity index (χ2v) is 12.3. The van der Waals surface area contributed by atoms with Crippen molar-refractivity contribution >= 4 is 11.9 Å². The predicted octanol–water partition coefficient (Wildman–Crippen LogP) is 6.11. The normalized spacial score (nSPS) is 43.8. The van der Waals surface area contributed by atoms with Gasteiger partial charge in [0.05, 0.1) is 18.1 Å². The topological polar surface area (TPSA) is 72.8 Å². The number of hydrogen-bond acceptors (Lipinski definition) is 4. The molecule has 0 aliphatic heterocycles. The molecule has 0 amide bonds. The van der Waals surface area contributed by atoms with E-state index in [0.29, 0.717) is 11.5 Å². The molecule has 4 fully saturated rings. The Kier molecular flexibility index (Phi) is 5.15. The number of hydrogen-bond donors (Lipinski definition) is 1. The van der Waals surface area contributed by atoms with E-state index in [1.165, 1.54) is 0 Å². The largest absolute Gasteiger partial charge is 0.497 e. The van der Waals surface area contributed by atoms with Gasteiger partial charge in [0, 0.05) is 5.41 Å². The zero-order chi connectivity index (χ0) is 23.6. The maximum absolute atomic E-state index is 13.0. The van der Waals surface area contributed by atoms with E-state index in [-0.39, 0.29) is 34.2 Å². The van der Waals surface area contributed by atoms with Crippen LogP contribution in [0.15, 0.2) is 24.3 Å². The van der Waals surface area contributed by atoms with Crippen molar-refractivity contribution in [2.24, 2.45) is 33.5 Å². The van der Waals surface area contributed by atoms with Gasteiger partial charge in [-0.3, -0.25) is 4.79 Å². The quantitative estimate of drug-likeness (QED) is 0.556. The van der Waals surface area contributed by atoms with E-state index >= 15 is 0 Å². The highest BCUT2D eigenvalue weighted by Crippen LogP contribution is 2.74. The van der Waals surface area contributed by atoms with Crippen LogP contribution in [-0.4, -0.2) is 30.3 Å². The molecule has 33 heavy (non-hydrogen) atoms. The van der Waals surface area contributed by atoms with Crippen molar-refractivity contribution < 1.29 is 24.2 Å². The minimum Gasteiger partial charge on any atom is -0.497 e. The van der Waals surface area contributed by atoms with Gasteiger partial charge in [-0.2, -0.15) is 0 Å². The molecule has 1 N–H and O–H groups in total. The molecule has 1 aromatic rings. The molecule has 0 radical (unpaired) electrons. The fraction of sp³-hybridized carbons (Fsp3) is 0.714. The number of methoxy groups -OCH3 is 1. The Morgan fingerprint density at radius 1 is 0.970 bits per heavy atom. The van der Waals surface area contributed by atoms with Crippen LogP contribution in [0.25, 0.3) is 0 Å². The molecule has 7 atom stereocenters. The summed E-state index contributed by atoms with van der Waals surface area (Å²) in [6.45, 7) is 6.69. The number of carboxylic acids is 1. The predicted molar refractivity (Wildman–Crippen MR) is 125 cm³/mol. The summed E-state index contributed by atoms with van der Waals surface area (Å²) in [7, 11) is 1.61. The highest BCUT2D eigenvalue weighted by molar-refractivity contribution is 5.89. The summed E-state index contributed by atoms with van der Waals surface area (Å²) in [4.78, 5) is 25.3. The molecule has 2 bridgehead atoms. The zero-order valence-electron chi connectivity index (χ0n) is 20.5. The first-order valence-electron chi connectivity index (χ1n) is 12.6. The molecule has 4 aliphatic carbocycles. The lowest BCUT2D eigenvalue weighted by molar-refractivity contribution is -0.182. The standard InChI is InChI=1S/C28H38O5/c1-25-14-10-21-26(2)12-5-13-27(3,24(30)31)20(26)11-15-28(21,17-25)16-22(25)33-23(29)18-6-8-19(32-4)9-7-18/h6-9,20-22H,5,10-17H2,1-4H3,(H,30,31)/t20-,21-,22?,25-,26+,27+,28-/m0/s1. The van der Waals surface area contributed by atoms with Crippen molar-refractivity contribution in [2.75, 3.05) is 7.11 Å². The van der Waals surface area contributed by atoms with Crippen molar-refractivity contribution in [3.63, 3.8) is 0 Å². The maximum Gasteiger partial charge on any atom is 0.338 e. The molecular formula is C28H38O5. The lowest BCUT2D eigenvalue weighted by atomic mass is 9.40. The second-order valence-electron chi connectivity index (χ2n) is 12.3. The number of carbonyl (C=O) groups excluding carboxylic acids is 1. The van der Waals surface area contributed by atoms with Gasteiger partial charge in [-0.15, -0.1) is 0 Å². The van der Waals surface area contributed by atoms with Gasteiger partial charge in [-0.1, -0.05) is 20.3 Å². The van der Waals surface area contributed by atoms with E-state index in [9.17, 15) is 14.7 Å². The first-order chi connectivity index (χ1) is 15.6. The molecule has 5 heteroatoms. The average molecular weight is 455 g/mol. The molecule has 0 saturated heterocycles. The summed E-state index contributed by atoms with van der Waals surface area (Å²) >= 11 is 0. The summed E-state index contributed by atoms with van der Waals surface area (Å²) in [5.74, 6) is 0.605. The van der Waals surface area contributed by atoms with Gasteiger partial charge in [-0.25, -0.2) is 4.79 Å². The summed E-state index contributed by atoms with van der Waals surface area (Å²) in [5.41, 5.74) is 0.176. The van der Waals surface area contributed by atoms with Crippen molar-refractivity contribution in [1.82, 2.24) is 0 Å². The fourth-order valence-corrected chi connectivity index (χ4v) is 9.07. The number of carboxylic acid groups (broad SMARTS) is 1. The van der Waals surface area contributed by atoms with Gasteiger partial charge in [0.1, 0.15) is 11.9 Å². The second kappa shape index (κ2) is 7.48. The van der Waals surface area contributed by atoms with E-state index in [1.54, 1.807) is 31.4 Å². The van der Waals surface area contributed by atoms with Gasteiger partial charge in [0.2, 0.25) is 0 Å². The van der Waals surface area contributed by atoms with Crippen LogP contribution in [0, 0.1) is 33.5 Å². The van der Waals surface area contributed by atoms with Gasteiger partial charge < -0.3 is 14.6 Å². The Morgan fingerprint density at radius 2 is 1.67 bits per heavy atom. The van der Waals surface area contributed by atoms with Crippen molar-refractivity contribution in [3.8, 4) is 5.75 Å². The Morgan fingerprint density at radius 3 is 2.33 bits per heavy atom. The third kappa shape index (κ3) is 3.24. The molecule has 4 saturated carbocycles. The molecule has 1 spiro atoms. The first-order valence-corrected chi connectivity index (χ1v) is 12.6. The fourth-order valence-electron chi connectivity index (χ4n) is 9.07. The molecule has 1 aromatic carbocycles. The zero-order valence-corrected chi connectivity index (χ0v) is 20.5. The van der Waals surface area contributed by atoms with E-state index in [4.69, 9.17) is 9.47 Å². The first kappa shape index (κ1) is 22.7. The van der Waals surface area contributed by atoms with E-state index in [0.717, 1.165) is 63.5 Å². The average Bonchev–Trinajstić information content (AvgIpc) is 2.97. The van der Waals surface area contributed by atoms with Crippen LogP contribution in [0.1, 0.15) is 88.9 Å². The monoisotopic (exact) mass is 454 g/mol. The number of esters is 1. The molecular weight excluding hydrogens is 416 g/mol. The number of aliphatic carboxylic acids is 1. The third-order valence-electron chi connectivity index (χ3n) is 10.6. The third-order valence-corrected chi connectivity index (χ3v) is 10.6. The molecule has 4 aliphatic rings. The van der Waals surface area contributed by atoms with Crippen LogP contribution in [-0.2, 0) is 9.53 Å². The summed E-state index contributed by atoms with van der Waals surface area (Å²) < 4.78 is 11.4. The Balaban J connectivity index is 1.39. The molecule has 1 unspecified atom stereocenters. The number of rotatable bonds is 4. The number of benzene rings is 1. The van der Waals surface area contributed by atoms with Crippen LogP contribution >= 0.6 is 0 Å². The SMILES string of the molecule is COc1ccc(C(=O)OC2C[C@]34CC[C@H]5[C@@](C)(CCC[C@@]5(C)C(=O)O)[C@@H]3CC[C@@]2(C)C4)cc1. The molecule has 0 aromatic heterocycles. The highest BCUT2D eigenvalue weighted by atomic mass is 16.5. The molecule has 5 nitrogen and oxygen atoms in total. The smallest absolute Gasteiger partial charge is 0.338 e. The molecule has 0 heterocycles. The van der Waals surface area contributed by atoms with Crippen LogP contribution in [0.4, 0.5) is 0 Å². The van der Waals surface area contributed by atoms with E-state index in [1.807, 2.05) is 6.92 Å². The van der Waals surface area contributed by atoms with Crippen LogP contribution in [0.3, 0.4) is 0 Å². The summed E-state index contributed by atoms with van der Waals surface area (Å²) in [6, 6.07) is 7.13. The lowest BCUT2D eigenvalue weighted by Crippen LogP contribution is -2.58. The van der Waals surface area contributed by atoms with Gasteiger partial charge in [-0.05, 0) is 105 Å². The van der Waals surface area contributed by atoms with E-state index in [2.05, 4.69) is 13.8 Å². The lowest BCUT2D eigenvalue weighted by Gasteiger charge is -2.63. The number of ether oxygens (including phenoxy) is 2. The Bertz CT molecular complexity index is 956. The van der Waals surface area contributed by atoms with Crippen LogP contribution in [0.2, 0.25) is 0 Å². The number of fused-ring (bicyclic) bond motifs is 3. The molecule has 5 rings (SSSR count). The van der Waals surface area contributed by atoms with Crippen molar-refractivity contribution in [3.05, 3.63) is 29.8 Å². The maximum atomic E-state index is 13.0. The van der Waals surface area contributed by atoms with Gasteiger partial charge >= 0.3 is 11.9 Å². The summed E-state index contributed by atoms with van der Waals surface area (Å²) in [6.07, 6.45) is 9.06. The number of carbonyl (C=O) groups is 2. The Hall–Kier alpha value is -2.04. The van der Waals surface area contributed by atoms with Crippen LogP contribution < -0.4 is 4.74 Å². The minimum absolute atomic E-state index is 0.00654. The molecule has 180 valence electrons. The van der Waals surface area contributed by atoms with E-state index < -0.39 is 11.4 Å². The Labute approximate surface area is 197 Å². The summed E-state index contributed by atoms with van der Waals surface area (Å²) in [5, 5.41) is 10.1. The van der Waals surface area contributed by atoms with Crippen molar-refractivity contribution in [1.29, 1.82) is 0 Å². The highest BCUT2D eigenvalue weighted by Gasteiger charge is 2.68.